The highest BCUT2D eigenvalue weighted by Gasteiger charge is 2.17. The number of hydrogen-bond donors (Lipinski definition) is 1. The molecule has 0 spiro atoms. The van der Waals surface area contributed by atoms with Crippen molar-refractivity contribution < 1.29 is 9.90 Å². The zero-order valence-corrected chi connectivity index (χ0v) is 13.0. The number of phenolic OH excluding ortho intramolecular Hbond substituents is 1. The first-order chi connectivity index (χ1) is 11.2. The number of benzene rings is 2. The largest absolute Gasteiger partial charge is 0.507 e. The van der Waals surface area contributed by atoms with Gasteiger partial charge in [-0.1, -0.05) is 12.1 Å². The third-order valence-electron chi connectivity index (χ3n) is 4.05. The van der Waals surface area contributed by atoms with Crippen LogP contribution < -0.4 is 0 Å². The third kappa shape index (κ3) is 3.77. The van der Waals surface area contributed by atoms with Crippen molar-refractivity contribution in [3.63, 3.8) is 0 Å². The molecular formula is C19H20N2O2. The number of amides is 1. The Labute approximate surface area is 136 Å². The van der Waals surface area contributed by atoms with Crippen LogP contribution in [0.15, 0.2) is 53.5 Å². The second-order valence-corrected chi connectivity index (χ2v) is 5.72. The number of nitrogens with zero attached hydrogens (tertiary/aromatic N) is 2. The van der Waals surface area contributed by atoms with Gasteiger partial charge >= 0.3 is 0 Å². The van der Waals surface area contributed by atoms with Gasteiger partial charge < -0.3 is 10.0 Å². The van der Waals surface area contributed by atoms with E-state index in [1.54, 1.807) is 24.4 Å². The zero-order chi connectivity index (χ0) is 16.1. The minimum atomic E-state index is 0.0981. The van der Waals surface area contributed by atoms with E-state index < -0.39 is 0 Å². The molecule has 4 heteroatoms. The first-order valence-electron chi connectivity index (χ1n) is 7.95. The number of likely N-dealkylation sites (tertiary alicyclic amines) is 1. The Hall–Kier alpha value is -2.62. The number of aromatic hydroxyl groups is 1. The summed E-state index contributed by atoms with van der Waals surface area (Å²) in [5.41, 5.74) is 2.12. The van der Waals surface area contributed by atoms with Crippen LogP contribution in [0.3, 0.4) is 0 Å². The predicted molar refractivity (Wildman–Crippen MR) is 91.6 cm³/mol. The summed E-state index contributed by atoms with van der Waals surface area (Å²) in [7, 11) is 0. The number of hydrogen-bond acceptors (Lipinski definition) is 3. The highest BCUT2D eigenvalue weighted by Crippen LogP contribution is 2.18. The lowest BCUT2D eigenvalue weighted by Gasteiger charge is -2.26. The molecule has 1 aliphatic heterocycles. The Morgan fingerprint density at radius 3 is 2.39 bits per heavy atom. The van der Waals surface area contributed by atoms with Gasteiger partial charge in [0.2, 0.25) is 0 Å². The Bertz CT molecular complexity index is 702. The van der Waals surface area contributed by atoms with Crippen LogP contribution >= 0.6 is 0 Å². The number of phenols is 1. The lowest BCUT2D eigenvalue weighted by molar-refractivity contribution is 0.0724. The average molecular weight is 308 g/mol. The molecule has 2 aromatic rings. The van der Waals surface area contributed by atoms with Crippen LogP contribution in [-0.2, 0) is 0 Å². The number of rotatable bonds is 3. The number of aliphatic imine (C=N–C) groups is 1. The molecule has 0 saturated carbocycles. The third-order valence-corrected chi connectivity index (χ3v) is 4.05. The molecule has 0 bridgehead atoms. The molecule has 0 unspecified atom stereocenters. The standard InChI is InChI=1S/C19H20N2O2/c22-18-7-3-2-6-16(18)14-20-17-10-8-15(9-11-17)19(23)21-12-4-1-5-13-21/h2-3,6-11,14,22H,1,4-5,12-13H2. The summed E-state index contributed by atoms with van der Waals surface area (Å²) >= 11 is 0. The second-order valence-electron chi connectivity index (χ2n) is 5.72. The summed E-state index contributed by atoms with van der Waals surface area (Å²) in [5.74, 6) is 0.300. The van der Waals surface area contributed by atoms with Crippen LogP contribution in [0.4, 0.5) is 5.69 Å². The molecule has 1 fully saturated rings. The molecular weight excluding hydrogens is 288 g/mol. The normalized spacial score (nSPS) is 15.0. The highest BCUT2D eigenvalue weighted by atomic mass is 16.3. The Balaban J connectivity index is 1.69. The molecule has 0 atom stereocenters. The van der Waals surface area contributed by atoms with E-state index in [-0.39, 0.29) is 11.7 Å². The van der Waals surface area contributed by atoms with Gasteiger partial charge in [-0.15, -0.1) is 0 Å². The minimum Gasteiger partial charge on any atom is -0.507 e. The van der Waals surface area contributed by atoms with Crippen LogP contribution in [-0.4, -0.2) is 35.2 Å². The van der Waals surface area contributed by atoms with Crippen molar-refractivity contribution in [2.45, 2.75) is 19.3 Å². The van der Waals surface area contributed by atoms with Gasteiger partial charge in [0, 0.05) is 30.4 Å². The molecule has 0 aromatic heterocycles. The summed E-state index contributed by atoms with van der Waals surface area (Å²) in [6, 6.07) is 14.3. The SMILES string of the molecule is O=C(c1ccc(N=Cc2ccccc2O)cc1)N1CCCCC1. The lowest BCUT2D eigenvalue weighted by atomic mass is 10.1. The summed E-state index contributed by atoms with van der Waals surface area (Å²) in [5, 5.41) is 9.71. The molecule has 1 amide bonds. The summed E-state index contributed by atoms with van der Waals surface area (Å²) in [6.07, 6.45) is 5.02. The highest BCUT2D eigenvalue weighted by molar-refractivity contribution is 5.94. The first-order valence-corrected chi connectivity index (χ1v) is 7.95. The predicted octanol–water partition coefficient (Wildman–Crippen LogP) is 3.77. The van der Waals surface area contributed by atoms with Gasteiger partial charge in [-0.2, -0.15) is 0 Å². The maximum atomic E-state index is 12.4. The van der Waals surface area contributed by atoms with E-state index in [1.165, 1.54) is 6.42 Å². The topological polar surface area (TPSA) is 52.9 Å². The minimum absolute atomic E-state index is 0.0981. The molecule has 2 aromatic carbocycles. The average Bonchev–Trinajstić information content (AvgIpc) is 2.62. The summed E-state index contributed by atoms with van der Waals surface area (Å²) < 4.78 is 0. The molecule has 0 radical (unpaired) electrons. The van der Waals surface area contributed by atoms with Crippen molar-refractivity contribution in [2.75, 3.05) is 13.1 Å². The van der Waals surface area contributed by atoms with E-state index in [1.807, 2.05) is 35.2 Å². The fourth-order valence-corrected chi connectivity index (χ4v) is 2.71. The van der Waals surface area contributed by atoms with Crippen LogP contribution in [0.1, 0.15) is 35.2 Å². The second kappa shape index (κ2) is 7.09. The van der Waals surface area contributed by atoms with Gasteiger partial charge in [-0.05, 0) is 55.7 Å². The van der Waals surface area contributed by atoms with Gasteiger partial charge in [0.05, 0.1) is 5.69 Å². The first kappa shape index (κ1) is 15.3. The maximum Gasteiger partial charge on any atom is 0.253 e. The molecule has 1 N–H and O–H groups in total. The molecule has 23 heavy (non-hydrogen) atoms. The van der Waals surface area contributed by atoms with Crippen LogP contribution in [0.2, 0.25) is 0 Å². The van der Waals surface area contributed by atoms with Crippen molar-refractivity contribution >= 4 is 17.8 Å². The molecule has 4 nitrogen and oxygen atoms in total. The molecule has 3 rings (SSSR count). The maximum absolute atomic E-state index is 12.4. The Morgan fingerprint density at radius 1 is 1.00 bits per heavy atom. The van der Waals surface area contributed by atoms with E-state index in [0.717, 1.165) is 31.6 Å². The number of carbonyl (C=O) groups is 1. The molecule has 0 aliphatic carbocycles. The van der Waals surface area contributed by atoms with E-state index in [2.05, 4.69) is 4.99 Å². The molecule has 1 heterocycles. The summed E-state index contributed by atoms with van der Waals surface area (Å²) in [4.78, 5) is 18.7. The van der Waals surface area contributed by atoms with Crippen molar-refractivity contribution in [1.29, 1.82) is 0 Å². The van der Waals surface area contributed by atoms with Crippen LogP contribution in [0.5, 0.6) is 5.75 Å². The Kier molecular flexibility index (Phi) is 4.71. The number of piperidine rings is 1. The van der Waals surface area contributed by atoms with E-state index >= 15 is 0 Å². The fourth-order valence-electron chi connectivity index (χ4n) is 2.71. The zero-order valence-electron chi connectivity index (χ0n) is 13.0. The van der Waals surface area contributed by atoms with Gasteiger partial charge in [0.1, 0.15) is 5.75 Å². The summed E-state index contributed by atoms with van der Waals surface area (Å²) in [6.45, 7) is 1.71. The van der Waals surface area contributed by atoms with Crippen LogP contribution in [0, 0.1) is 0 Å². The fraction of sp³-hybridized carbons (Fsp3) is 0.263. The molecule has 118 valence electrons. The molecule has 1 aliphatic rings. The van der Waals surface area contributed by atoms with E-state index in [9.17, 15) is 9.90 Å². The Morgan fingerprint density at radius 2 is 1.70 bits per heavy atom. The van der Waals surface area contributed by atoms with Crippen molar-refractivity contribution in [2.24, 2.45) is 4.99 Å². The number of para-hydroxylation sites is 1. The van der Waals surface area contributed by atoms with Crippen molar-refractivity contribution in [3.8, 4) is 5.75 Å². The quantitative estimate of drug-likeness (QED) is 0.878. The molecule has 1 saturated heterocycles. The lowest BCUT2D eigenvalue weighted by Crippen LogP contribution is -2.35. The smallest absolute Gasteiger partial charge is 0.253 e. The van der Waals surface area contributed by atoms with E-state index in [4.69, 9.17) is 0 Å². The van der Waals surface area contributed by atoms with Crippen molar-refractivity contribution in [1.82, 2.24) is 4.90 Å². The van der Waals surface area contributed by atoms with Gasteiger partial charge in [0.25, 0.3) is 5.91 Å². The van der Waals surface area contributed by atoms with Gasteiger partial charge in [-0.25, -0.2) is 0 Å². The van der Waals surface area contributed by atoms with Gasteiger partial charge in [0.15, 0.2) is 0 Å². The van der Waals surface area contributed by atoms with Gasteiger partial charge in [-0.3, -0.25) is 9.79 Å². The number of carbonyl (C=O) groups excluding carboxylic acids is 1. The van der Waals surface area contributed by atoms with Crippen LogP contribution in [0.25, 0.3) is 0 Å². The monoisotopic (exact) mass is 308 g/mol. The van der Waals surface area contributed by atoms with Crippen molar-refractivity contribution in [3.05, 3.63) is 59.7 Å². The van der Waals surface area contributed by atoms with E-state index in [0.29, 0.717) is 11.1 Å².